The Hall–Kier alpha value is -1.84. The van der Waals surface area contributed by atoms with Crippen LogP contribution in [0.3, 0.4) is 0 Å². The van der Waals surface area contributed by atoms with Crippen molar-refractivity contribution in [3.8, 4) is 0 Å². The normalized spacial score (nSPS) is 19.4. The minimum absolute atomic E-state index is 0.126. The molecule has 1 amide bonds. The Bertz CT molecular complexity index is 615. The molecule has 1 aliphatic rings. The number of amides is 1. The van der Waals surface area contributed by atoms with Crippen LogP contribution in [0.2, 0.25) is 0 Å². The predicted molar refractivity (Wildman–Crippen MR) is 69.4 cm³/mol. The quantitative estimate of drug-likeness (QED) is 0.834. The number of carbonyl (C=O) groups excluding carboxylic acids is 1. The van der Waals surface area contributed by atoms with E-state index in [0.717, 1.165) is 17.8 Å². The van der Waals surface area contributed by atoms with Crippen molar-refractivity contribution in [1.29, 1.82) is 0 Å². The molecule has 3 rings (SSSR count). The van der Waals surface area contributed by atoms with E-state index in [9.17, 15) is 4.79 Å². The lowest BCUT2D eigenvalue weighted by Gasteiger charge is -2.12. The molecule has 1 atom stereocenters. The Labute approximate surface area is 106 Å². The second kappa shape index (κ2) is 4.12. The van der Waals surface area contributed by atoms with Crippen molar-refractivity contribution >= 4 is 11.6 Å². The van der Waals surface area contributed by atoms with E-state index >= 15 is 0 Å². The van der Waals surface area contributed by atoms with Crippen LogP contribution in [-0.2, 0) is 11.3 Å². The van der Waals surface area contributed by atoms with Gasteiger partial charge in [-0.15, -0.1) is 0 Å². The van der Waals surface area contributed by atoms with E-state index in [-0.39, 0.29) is 11.8 Å². The molecular weight excluding hydrogens is 226 g/mol. The van der Waals surface area contributed by atoms with Crippen LogP contribution in [0.4, 0.5) is 0 Å². The molecule has 94 valence electrons. The van der Waals surface area contributed by atoms with Crippen molar-refractivity contribution in [3.05, 3.63) is 35.3 Å². The van der Waals surface area contributed by atoms with Gasteiger partial charge in [-0.2, -0.15) is 0 Å². The minimum atomic E-state index is 0.126. The molecule has 0 bridgehead atoms. The summed E-state index contributed by atoms with van der Waals surface area (Å²) < 4.78 is 2.15. The first-order valence-corrected chi connectivity index (χ1v) is 6.44. The maximum Gasteiger partial charge on any atom is 0.220 e. The highest BCUT2D eigenvalue weighted by atomic mass is 16.1. The van der Waals surface area contributed by atoms with Gasteiger partial charge in [-0.3, -0.25) is 4.79 Å². The van der Waals surface area contributed by atoms with Crippen LogP contribution in [0.25, 0.3) is 5.65 Å². The smallest absolute Gasteiger partial charge is 0.220 e. The summed E-state index contributed by atoms with van der Waals surface area (Å²) in [6.45, 7) is 4.75. The Kier molecular flexibility index (Phi) is 2.58. The van der Waals surface area contributed by atoms with Gasteiger partial charge in [0.05, 0.1) is 17.9 Å². The molecule has 3 heterocycles. The third kappa shape index (κ3) is 1.60. The van der Waals surface area contributed by atoms with Crippen LogP contribution >= 0.6 is 0 Å². The number of imidazole rings is 1. The largest absolute Gasteiger partial charge is 0.350 e. The summed E-state index contributed by atoms with van der Waals surface area (Å²) in [5.41, 5.74) is 4.40. The molecule has 18 heavy (non-hydrogen) atoms. The van der Waals surface area contributed by atoms with Crippen LogP contribution in [-0.4, -0.2) is 15.3 Å². The average molecular weight is 243 g/mol. The Morgan fingerprint density at radius 2 is 2.39 bits per heavy atom. The van der Waals surface area contributed by atoms with Crippen LogP contribution < -0.4 is 5.32 Å². The van der Waals surface area contributed by atoms with Crippen molar-refractivity contribution < 1.29 is 4.79 Å². The fourth-order valence-corrected chi connectivity index (χ4v) is 2.74. The highest BCUT2D eigenvalue weighted by Gasteiger charge is 2.26. The first-order chi connectivity index (χ1) is 8.70. The second-order valence-electron chi connectivity index (χ2n) is 4.91. The molecule has 0 radical (unpaired) electrons. The first kappa shape index (κ1) is 11.3. The Morgan fingerprint density at radius 1 is 1.56 bits per heavy atom. The summed E-state index contributed by atoms with van der Waals surface area (Å²) >= 11 is 0. The van der Waals surface area contributed by atoms with Crippen LogP contribution in [0.1, 0.15) is 42.6 Å². The minimum Gasteiger partial charge on any atom is -0.350 e. The molecule has 4 heteroatoms. The monoisotopic (exact) mass is 243 g/mol. The second-order valence-corrected chi connectivity index (χ2v) is 4.91. The maximum absolute atomic E-state index is 11.7. The Morgan fingerprint density at radius 3 is 3.17 bits per heavy atom. The average Bonchev–Trinajstić information content (AvgIpc) is 2.66. The number of hydrogen-bond acceptors (Lipinski definition) is 2. The fraction of sp³-hybridized carbons (Fsp3) is 0.429. The lowest BCUT2D eigenvalue weighted by molar-refractivity contribution is -0.121. The SMILES string of the molecule is CCC1CC(=O)NCc2nc3c(C)cccn3c21. The predicted octanol–water partition coefficient (Wildman–Crippen LogP) is 2.16. The summed E-state index contributed by atoms with van der Waals surface area (Å²) in [5.74, 6) is 0.389. The molecule has 1 N–H and O–H groups in total. The van der Waals surface area contributed by atoms with E-state index < -0.39 is 0 Å². The molecule has 1 aliphatic heterocycles. The van der Waals surface area contributed by atoms with E-state index in [1.165, 1.54) is 11.3 Å². The molecule has 0 fully saturated rings. The molecule has 0 aromatic carbocycles. The van der Waals surface area contributed by atoms with Gasteiger partial charge in [0.25, 0.3) is 0 Å². The zero-order valence-corrected chi connectivity index (χ0v) is 10.7. The standard InChI is InChI=1S/C14H17N3O/c1-3-10-7-12(18)15-8-11-13(10)17-6-4-5-9(2)14(17)16-11/h4-6,10H,3,7-8H2,1-2H3,(H,15,18). The van der Waals surface area contributed by atoms with Crippen molar-refractivity contribution in [1.82, 2.24) is 14.7 Å². The number of rotatable bonds is 1. The van der Waals surface area contributed by atoms with E-state index in [2.05, 4.69) is 29.6 Å². The van der Waals surface area contributed by atoms with E-state index in [1.54, 1.807) is 0 Å². The summed E-state index contributed by atoms with van der Waals surface area (Å²) in [6, 6.07) is 4.11. The van der Waals surface area contributed by atoms with Gasteiger partial charge in [-0.1, -0.05) is 13.0 Å². The third-order valence-corrected chi connectivity index (χ3v) is 3.72. The number of nitrogens with one attached hydrogen (secondary N) is 1. The summed E-state index contributed by atoms with van der Waals surface area (Å²) in [5, 5.41) is 2.93. The third-order valence-electron chi connectivity index (χ3n) is 3.72. The molecule has 0 saturated heterocycles. The highest BCUT2D eigenvalue weighted by Crippen LogP contribution is 2.30. The number of hydrogen-bond donors (Lipinski definition) is 1. The topological polar surface area (TPSA) is 46.4 Å². The van der Waals surface area contributed by atoms with E-state index in [4.69, 9.17) is 4.98 Å². The molecule has 2 aromatic heterocycles. The van der Waals surface area contributed by atoms with Gasteiger partial charge in [0, 0.05) is 18.5 Å². The molecule has 0 aliphatic carbocycles. The van der Waals surface area contributed by atoms with Crippen molar-refractivity contribution in [3.63, 3.8) is 0 Å². The highest BCUT2D eigenvalue weighted by molar-refractivity contribution is 5.77. The van der Waals surface area contributed by atoms with Crippen LogP contribution in [0.15, 0.2) is 18.3 Å². The number of nitrogens with zero attached hydrogens (tertiary/aromatic N) is 2. The van der Waals surface area contributed by atoms with E-state index in [1.807, 2.05) is 12.3 Å². The van der Waals surface area contributed by atoms with Crippen molar-refractivity contribution in [2.24, 2.45) is 0 Å². The zero-order valence-electron chi connectivity index (χ0n) is 10.7. The van der Waals surface area contributed by atoms with E-state index in [0.29, 0.717) is 13.0 Å². The lowest BCUT2D eigenvalue weighted by atomic mass is 9.97. The molecule has 2 aromatic rings. The van der Waals surface area contributed by atoms with Gasteiger partial charge in [-0.05, 0) is 25.0 Å². The molecule has 0 spiro atoms. The number of aromatic nitrogens is 2. The van der Waals surface area contributed by atoms with Gasteiger partial charge in [0.2, 0.25) is 5.91 Å². The number of aryl methyl sites for hydroxylation is 1. The molecular formula is C14H17N3O. The maximum atomic E-state index is 11.7. The van der Waals surface area contributed by atoms with Gasteiger partial charge in [-0.25, -0.2) is 4.98 Å². The van der Waals surface area contributed by atoms with Gasteiger partial charge >= 0.3 is 0 Å². The zero-order chi connectivity index (χ0) is 12.7. The van der Waals surface area contributed by atoms with Crippen molar-refractivity contribution in [2.75, 3.05) is 0 Å². The van der Waals surface area contributed by atoms with Crippen LogP contribution in [0, 0.1) is 6.92 Å². The first-order valence-electron chi connectivity index (χ1n) is 6.44. The molecule has 0 saturated carbocycles. The number of fused-ring (bicyclic) bond motifs is 3. The summed E-state index contributed by atoms with van der Waals surface area (Å²) in [4.78, 5) is 16.4. The molecule has 4 nitrogen and oxygen atoms in total. The fourth-order valence-electron chi connectivity index (χ4n) is 2.74. The Balaban J connectivity index is 2.25. The number of pyridine rings is 1. The summed E-state index contributed by atoms with van der Waals surface area (Å²) in [6.07, 6.45) is 3.57. The number of carbonyl (C=O) groups is 1. The summed E-state index contributed by atoms with van der Waals surface area (Å²) in [7, 11) is 0. The van der Waals surface area contributed by atoms with Crippen LogP contribution in [0.5, 0.6) is 0 Å². The lowest BCUT2D eigenvalue weighted by Crippen LogP contribution is -2.21. The van der Waals surface area contributed by atoms with Gasteiger partial charge < -0.3 is 9.72 Å². The van der Waals surface area contributed by atoms with Gasteiger partial charge in [0.15, 0.2) is 0 Å². The van der Waals surface area contributed by atoms with Gasteiger partial charge in [0.1, 0.15) is 5.65 Å². The molecule has 1 unspecified atom stereocenters. The van der Waals surface area contributed by atoms with Crippen molar-refractivity contribution in [2.45, 2.75) is 39.2 Å².